The molecule has 0 atom stereocenters. The summed E-state index contributed by atoms with van der Waals surface area (Å²) in [7, 11) is 2.11. The summed E-state index contributed by atoms with van der Waals surface area (Å²) in [4.78, 5) is 4.58. The van der Waals surface area contributed by atoms with Crippen molar-refractivity contribution in [1.29, 1.82) is 0 Å². The van der Waals surface area contributed by atoms with Crippen molar-refractivity contribution in [3.63, 3.8) is 0 Å². The van der Waals surface area contributed by atoms with Crippen LogP contribution in [0.3, 0.4) is 0 Å². The van der Waals surface area contributed by atoms with E-state index in [0.29, 0.717) is 0 Å². The SMILES string of the molecule is CN(c1ccccc1)c1ccc(-c2ccc(N(c3ccccc3)c3ccc4c(c3)c(-c3ccccc3)c(-c3ccccc3)c3ccccc34)cc2)cc1. The summed E-state index contributed by atoms with van der Waals surface area (Å²) in [5, 5.41) is 4.98. The Morgan fingerprint density at radius 2 is 0.642 bits per heavy atom. The lowest BCUT2D eigenvalue weighted by atomic mass is 9.85. The highest BCUT2D eigenvalue weighted by atomic mass is 15.1. The van der Waals surface area contributed by atoms with Crippen molar-refractivity contribution in [2.75, 3.05) is 16.8 Å². The highest BCUT2D eigenvalue weighted by molar-refractivity contribution is 6.22. The molecule has 0 aliphatic heterocycles. The van der Waals surface area contributed by atoms with Gasteiger partial charge in [0.2, 0.25) is 0 Å². The maximum Gasteiger partial charge on any atom is 0.0468 e. The normalized spacial score (nSPS) is 11.1. The predicted octanol–water partition coefficient (Wildman–Crippen LogP) is 14.2. The second kappa shape index (κ2) is 14.0. The van der Waals surface area contributed by atoms with Gasteiger partial charge in [0.15, 0.2) is 0 Å². The standard InChI is InChI=1S/C51H38N2/c1-52(41-20-10-4-11-21-41)42-30-26-37(27-31-42)38-28-32-44(33-29-38)53(43-22-12-5-13-23-43)45-34-35-47-46-24-14-15-25-48(46)50(39-16-6-2-7-17-39)51(49(47)36-45)40-18-8-3-9-19-40/h2-36H,1H3. The lowest BCUT2D eigenvalue weighted by molar-refractivity contribution is 1.21. The van der Waals surface area contributed by atoms with E-state index in [0.717, 1.165) is 22.7 Å². The van der Waals surface area contributed by atoms with Gasteiger partial charge in [-0.05, 0) is 116 Å². The van der Waals surface area contributed by atoms with Crippen molar-refractivity contribution in [2.24, 2.45) is 0 Å². The highest BCUT2D eigenvalue weighted by Crippen LogP contribution is 2.46. The Morgan fingerprint density at radius 3 is 1.21 bits per heavy atom. The van der Waals surface area contributed by atoms with Crippen molar-refractivity contribution in [2.45, 2.75) is 0 Å². The van der Waals surface area contributed by atoms with Crippen LogP contribution in [0.4, 0.5) is 28.4 Å². The van der Waals surface area contributed by atoms with Gasteiger partial charge in [0.05, 0.1) is 0 Å². The molecule has 252 valence electrons. The summed E-state index contributed by atoms with van der Waals surface area (Å²) in [6.07, 6.45) is 0. The zero-order valence-electron chi connectivity index (χ0n) is 29.6. The van der Waals surface area contributed by atoms with Crippen LogP contribution in [-0.4, -0.2) is 7.05 Å². The fraction of sp³-hybridized carbons (Fsp3) is 0.0196. The zero-order valence-corrected chi connectivity index (χ0v) is 29.6. The first-order chi connectivity index (χ1) is 26.2. The lowest BCUT2D eigenvalue weighted by Crippen LogP contribution is -2.10. The second-order valence-corrected chi connectivity index (χ2v) is 13.4. The van der Waals surface area contributed by atoms with E-state index < -0.39 is 0 Å². The molecule has 0 aliphatic rings. The van der Waals surface area contributed by atoms with Gasteiger partial charge in [-0.1, -0.05) is 152 Å². The van der Waals surface area contributed by atoms with E-state index in [9.17, 15) is 0 Å². The van der Waals surface area contributed by atoms with Gasteiger partial charge in [0.1, 0.15) is 0 Å². The van der Waals surface area contributed by atoms with Gasteiger partial charge in [0, 0.05) is 35.5 Å². The molecular formula is C51H38N2. The molecule has 0 radical (unpaired) electrons. The molecule has 0 aliphatic carbocycles. The first-order valence-corrected chi connectivity index (χ1v) is 18.2. The highest BCUT2D eigenvalue weighted by Gasteiger charge is 2.20. The summed E-state index contributed by atoms with van der Waals surface area (Å²) in [6.45, 7) is 0. The monoisotopic (exact) mass is 678 g/mol. The van der Waals surface area contributed by atoms with Crippen LogP contribution in [0.2, 0.25) is 0 Å². The first kappa shape index (κ1) is 32.0. The van der Waals surface area contributed by atoms with Crippen LogP contribution in [0, 0.1) is 0 Å². The molecule has 53 heavy (non-hydrogen) atoms. The van der Waals surface area contributed by atoms with E-state index in [1.54, 1.807) is 0 Å². The van der Waals surface area contributed by atoms with Gasteiger partial charge in [0.25, 0.3) is 0 Å². The van der Waals surface area contributed by atoms with E-state index in [1.807, 2.05) is 0 Å². The molecular weight excluding hydrogens is 641 g/mol. The zero-order chi connectivity index (χ0) is 35.6. The van der Waals surface area contributed by atoms with Gasteiger partial charge >= 0.3 is 0 Å². The lowest BCUT2D eigenvalue weighted by Gasteiger charge is -2.27. The number of hydrogen-bond donors (Lipinski definition) is 0. The number of anilines is 5. The number of nitrogens with zero attached hydrogens (tertiary/aromatic N) is 2. The van der Waals surface area contributed by atoms with Crippen LogP contribution in [0.25, 0.3) is 54.9 Å². The molecule has 9 aromatic rings. The molecule has 0 fully saturated rings. The maximum absolute atomic E-state index is 2.39. The fourth-order valence-electron chi connectivity index (χ4n) is 7.63. The van der Waals surface area contributed by atoms with Gasteiger partial charge in [-0.2, -0.15) is 0 Å². The minimum absolute atomic E-state index is 1.10. The molecule has 0 heterocycles. The number of fused-ring (bicyclic) bond motifs is 3. The largest absolute Gasteiger partial charge is 0.345 e. The van der Waals surface area contributed by atoms with Crippen LogP contribution in [0.1, 0.15) is 0 Å². The number of hydrogen-bond acceptors (Lipinski definition) is 2. The molecule has 0 unspecified atom stereocenters. The summed E-state index contributed by atoms with van der Waals surface area (Å²) in [6, 6.07) is 76.4. The molecule has 0 saturated heterocycles. The molecule has 0 N–H and O–H groups in total. The predicted molar refractivity (Wildman–Crippen MR) is 227 cm³/mol. The Balaban J connectivity index is 1.18. The Hall–Kier alpha value is -6.90. The van der Waals surface area contributed by atoms with Gasteiger partial charge in [-0.25, -0.2) is 0 Å². The van der Waals surface area contributed by atoms with Gasteiger partial charge in [-0.15, -0.1) is 0 Å². The van der Waals surface area contributed by atoms with Crippen molar-refractivity contribution < 1.29 is 0 Å². The molecule has 0 aromatic heterocycles. The molecule has 2 heteroatoms. The third-order valence-corrected chi connectivity index (χ3v) is 10.3. The van der Waals surface area contributed by atoms with Crippen LogP contribution in [-0.2, 0) is 0 Å². The smallest absolute Gasteiger partial charge is 0.0468 e. The Kier molecular flexibility index (Phi) is 8.47. The molecule has 0 spiro atoms. The topological polar surface area (TPSA) is 6.48 Å². The van der Waals surface area contributed by atoms with E-state index in [-0.39, 0.29) is 0 Å². The van der Waals surface area contributed by atoms with E-state index >= 15 is 0 Å². The second-order valence-electron chi connectivity index (χ2n) is 13.4. The van der Waals surface area contributed by atoms with Crippen molar-refractivity contribution in [3.05, 3.63) is 212 Å². The number of rotatable bonds is 8. The average Bonchev–Trinajstić information content (AvgIpc) is 3.24. The summed E-state index contributed by atoms with van der Waals surface area (Å²) >= 11 is 0. The third kappa shape index (κ3) is 6.11. The Bertz CT molecular complexity index is 2630. The third-order valence-electron chi connectivity index (χ3n) is 10.3. The van der Waals surface area contributed by atoms with Crippen molar-refractivity contribution in [1.82, 2.24) is 0 Å². The molecule has 9 aromatic carbocycles. The minimum atomic E-state index is 1.10. The number of para-hydroxylation sites is 2. The van der Waals surface area contributed by atoms with E-state index in [1.165, 1.54) is 60.6 Å². The fourth-order valence-corrected chi connectivity index (χ4v) is 7.63. The van der Waals surface area contributed by atoms with Crippen LogP contribution in [0.15, 0.2) is 212 Å². The average molecular weight is 679 g/mol. The number of benzene rings is 9. The summed E-state index contributed by atoms with van der Waals surface area (Å²) in [5.41, 5.74) is 12.9. The van der Waals surface area contributed by atoms with E-state index in [4.69, 9.17) is 0 Å². The van der Waals surface area contributed by atoms with Crippen LogP contribution in [0.5, 0.6) is 0 Å². The molecule has 0 bridgehead atoms. The molecule has 9 rings (SSSR count). The van der Waals surface area contributed by atoms with Gasteiger partial charge in [-0.3, -0.25) is 0 Å². The Morgan fingerprint density at radius 1 is 0.264 bits per heavy atom. The summed E-state index contributed by atoms with van der Waals surface area (Å²) in [5.74, 6) is 0. The minimum Gasteiger partial charge on any atom is -0.345 e. The molecule has 0 amide bonds. The van der Waals surface area contributed by atoms with Crippen LogP contribution < -0.4 is 9.80 Å². The Labute approximate surface area is 311 Å². The van der Waals surface area contributed by atoms with Gasteiger partial charge < -0.3 is 9.80 Å². The molecule has 2 nitrogen and oxygen atoms in total. The van der Waals surface area contributed by atoms with Crippen LogP contribution >= 0.6 is 0 Å². The van der Waals surface area contributed by atoms with Crippen molar-refractivity contribution in [3.8, 4) is 33.4 Å². The maximum atomic E-state index is 2.39. The quantitative estimate of drug-likeness (QED) is 0.148. The first-order valence-electron chi connectivity index (χ1n) is 18.2. The molecule has 0 saturated carbocycles. The summed E-state index contributed by atoms with van der Waals surface area (Å²) < 4.78 is 0. The van der Waals surface area contributed by atoms with Crippen molar-refractivity contribution >= 4 is 50.0 Å². The van der Waals surface area contributed by atoms with E-state index in [2.05, 4.69) is 229 Å².